The van der Waals surface area contributed by atoms with E-state index in [2.05, 4.69) is 5.32 Å². The molecule has 0 aliphatic carbocycles. The summed E-state index contributed by atoms with van der Waals surface area (Å²) >= 11 is 0. The molecule has 0 radical (unpaired) electrons. The van der Waals surface area contributed by atoms with Crippen molar-refractivity contribution in [3.05, 3.63) is 30.3 Å². The quantitative estimate of drug-likeness (QED) is 0.770. The zero-order chi connectivity index (χ0) is 17.1. The Kier molecular flexibility index (Phi) is 5.43. The Balaban J connectivity index is 2.03. The Hall–Kier alpha value is -1.45. The standard InChI is InChI=1S/C14H20N2O5S2/c1-2-16(23(20,21)13-6-4-3-5-7-13)10-14(17)15-12-8-9-22(18,19)11-12/h3-7,12H,2,8-11H2,1H3,(H,15,17)/t12-/m1/s1. The number of carbonyl (C=O) groups excluding carboxylic acids is 1. The highest BCUT2D eigenvalue weighted by Crippen LogP contribution is 2.15. The summed E-state index contributed by atoms with van der Waals surface area (Å²) in [5.41, 5.74) is 0. The van der Waals surface area contributed by atoms with Gasteiger partial charge in [-0.05, 0) is 18.6 Å². The monoisotopic (exact) mass is 360 g/mol. The van der Waals surface area contributed by atoms with Crippen molar-refractivity contribution in [3.8, 4) is 0 Å². The Labute approximate surface area is 136 Å². The molecule has 1 aliphatic rings. The number of carbonyl (C=O) groups is 1. The van der Waals surface area contributed by atoms with Crippen LogP contribution in [0.1, 0.15) is 13.3 Å². The largest absolute Gasteiger partial charge is 0.351 e. The van der Waals surface area contributed by atoms with Crippen molar-refractivity contribution < 1.29 is 21.6 Å². The van der Waals surface area contributed by atoms with Crippen molar-refractivity contribution in [1.82, 2.24) is 9.62 Å². The summed E-state index contributed by atoms with van der Waals surface area (Å²) in [7, 11) is -6.84. The van der Waals surface area contributed by atoms with Gasteiger partial charge in [0, 0.05) is 12.6 Å². The van der Waals surface area contributed by atoms with Crippen LogP contribution in [-0.2, 0) is 24.7 Å². The minimum atomic E-state index is -3.75. The van der Waals surface area contributed by atoms with E-state index in [0.29, 0.717) is 6.42 Å². The van der Waals surface area contributed by atoms with Gasteiger partial charge in [-0.3, -0.25) is 4.79 Å². The van der Waals surface area contributed by atoms with Crippen molar-refractivity contribution in [2.24, 2.45) is 0 Å². The molecule has 128 valence electrons. The molecular weight excluding hydrogens is 340 g/mol. The molecule has 7 nitrogen and oxygen atoms in total. The molecule has 1 fully saturated rings. The Bertz CT molecular complexity index is 760. The van der Waals surface area contributed by atoms with Gasteiger partial charge < -0.3 is 5.32 Å². The number of rotatable bonds is 6. The number of hydrogen-bond acceptors (Lipinski definition) is 5. The highest BCUT2D eigenvalue weighted by Gasteiger charge is 2.30. The van der Waals surface area contributed by atoms with Crippen LogP contribution >= 0.6 is 0 Å². The van der Waals surface area contributed by atoms with E-state index in [4.69, 9.17) is 0 Å². The number of likely N-dealkylation sites (N-methyl/N-ethyl adjacent to an activating group) is 1. The third kappa shape index (κ3) is 4.52. The van der Waals surface area contributed by atoms with Gasteiger partial charge in [0.25, 0.3) is 0 Å². The fourth-order valence-corrected chi connectivity index (χ4v) is 5.55. The number of amides is 1. The summed E-state index contributed by atoms with van der Waals surface area (Å²) in [6.45, 7) is 1.46. The Morgan fingerprint density at radius 1 is 1.30 bits per heavy atom. The van der Waals surface area contributed by atoms with Crippen LogP contribution < -0.4 is 5.32 Å². The van der Waals surface area contributed by atoms with Crippen LogP contribution in [-0.4, -0.2) is 57.7 Å². The minimum Gasteiger partial charge on any atom is -0.351 e. The predicted octanol–water partition coefficient (Wildman–Crippen LogP) is 0.000500. The molecular formula is C14H20N2O5S2. The van der Waals surface area contributed by atoms with E-state index in [0.717, 1.165) is 4.31 Å². The van der Waals surface area contributed by atoms with Gasteiger partial charge in [0.1, 0.15) is 0 Å². The van der Waals surface area contributed by atoms with Crippen LogP contribution in [0.4, 0.5) is 0 Å². The SMILES string of the molecule is CCN(CC(=O)N[C@@H]1CCS(=O)(=O)C1)S(=O)(=O)c1ccccc1. The van der Waals surface area contributed by atoms with Crippen LogP contribution in [0, 0.1) is 0 Å². The smallest absolute Gasteiger partial charge is 0.243 e. The fourth-order valence-electron chi connectivity index (χ4n) is 2.45. The Morgan fingerprint density at radius 3 is 2.48 bits per heavy atom. The van der Waals surface area contributed by atoms with E-state index >= 15 is 0 Å². The first-order chi connectivity index (χ1) is 10.7. The van der Waals surface area contributed by atoms with E-state index in [1.807, 2.05) is 0 Å². The van der Waals surface area contributed by atoms with Crippen molar-refractivity contribution in [3.63, 3.8) is 0 Å². The molecule has 23 heavy (non-hydrogen) atoms. The summed E-state index contributed by atoms with van der Waals surface area (Å²) in [5.74, 6) is -0.526. The van der Waals surface area contributed by atoms with Crippen molar-refractivity contribution in [1.29, 1.82) is 0 Å². The maximum Gasteiger partial charge on any atom is 0.243 e. The van der Waals surface area contributed by atoms with E-state index in [-0.39, 0.29) is 29.5 Å². The number of benzene rings is 1. The molecule has 1 N–H and O–H groups in total. The second kappa shape index (κ2) is 6.98. The molecule has 1 aliphatic heterocycles. The predicted molar refractivity (Wildman–Crippen MR) is 86.1 cm³/mol. The number of hydrogen-bond donors (Lipinski definition) is 1. The number of sulfonamides is 1. The van der Waals surface area contributed by atoms with Gasteiger partial charge >= 0.3 is 0 Å². The molecule has 0 saturated carbocycles. The molecule has 1 amide bonds. The van der Waals surface area contributed by atoms with Crippen LogP contribution in [0.3, 0.4) is 0 Å². The lowest BCUT2D eigenvalue weighted by Crippen LogP contribution is -2.44. The zero-order valence-electron chi connectivity index (χ0n) is 12.8. The van der Waals surface area contributed by atoms with Gasteiger partial charge in [-0.15, -0.1) is 0 Å². The van der Waals surface area contributed by atoms with Crippen LogP contribution in [0.5, 0.6) is 0 Å². The lowest BCUT2D eigenvalue weighted by Gasteiger charge is -2.21. The van der Waals surface area contributed by atoms with E-state index < -0.39 is 31.8 Å². The third-order valence-electron chi connectivity index (χ3n) is 3.65. The van der Waals surface area contributed by atoms with Gasteiger partial charge in [-0.25, -0.2) is 16.8 Å². The lowest BCUT2D eigenvalue weighted by molar-refractivity contribution is -0.121. The highest BCUT2D eigenvalue weighted by molar-refractivity contribution is 7.91. The van der Waals surface area contributed by atoms with E-state index in [9.17, 15) is 21.6 Å². The summed E-state index contributed by atoms with van der Waals surface area (Å²) in [5, 5.41) is 2.60. The molecule has 1 atom stereocenters. The number of sulfone groups is 1. The first kappa shape index (κ1) is 17.9. The molecule has 0 spiro atoms. The molecule has 1 aromatic carbocycles. The van der Waals surface area contributed by atoms with E-state index in [1.54, 1.807) is 25.1 Å². The highest BCUT2D eigenvalue weighted by atomic mass is 32.2. The van der Waals surface area contributed by atoms with Gasteiger partial charge in [-0.2, -0.15) is 4.31 Å². The fraction of sp³-hybridized carbons (Fsp3) is 0.500. The van der Waals surface area contributed by atoms with Crippen molar-refractivity contribution >= 4 is 25.8 Å². The average molecular weight is 360 g/mol. The first-order valence-electron chi connectivity index (χ1n) is 7.29. The van der Waals surface area contributed by atoms with Crippen molar-refractivity contribution in [2.45, 2.75) is 24.3 Å². The van der Waals surface area contributed by atoms with Gasteiger partial charge in [-0.1, -0.05) is 25.1 Å². The second-order valence-electron chi connectivity index (χ2n) is 5.41. The maximum absolute atomic E-state index is 12.5. The molecule has 0 aromatic heterocycles. The van der Waals surface area contributed by atoms with Gasteiger partial charge in [0.15, 0.2) is 9.84 Å². The molecule has 1 heterocycles. The Morgan fingerprint density at radius 2 is 1.96 bits per heavy atom. The van der Waals surface area contributed by atoms with Crippen LogP contribution in [0.2, 0.25) is 0 Å². The van der Waals surface area contributed by atoms with Crippen LogP contribution in [0.25, 0.3) is 0 Å². The van der Waals surface area contributed by atoms with Gasteiger partial charge in [0.2, 0.25) is 15.9 Å². The van der Waals surface area contributed by atoms with Crippen molar-refractivity contribution in [2.75, 3.05) is 24.6 Å². The van der Waals surface area contributed by atoms with Crippen LogP contribution in [0.15, 0.2) is 35.2 Å². The molecule has 0 unspecified atom stereocenters. The normalized spacial score (nSPS) is 20.5. The van der Waals surface area contributed by atoms with E-state index in [1.165, 1.54) is 12.1 Å². The average Bonchev–Trinajstić information content (AvgIpc) is 2.84. The number of nitrogens with zero attached hydrogens (tertiary/aromatic N) is 1. The minimum absolute atomic E-state index is 0.0533. The summed E-state index contributed by atoms with van der Waals surface area (Å²) in [4.78, 5) is 12.2. The molecule has 2 rings (SSSR count). The first-order valence-corrected chi connectivity index (χ1v) is 10.6. The lowest BCUT2D eigenvalue weighted by atomic mass is 10.2. The topological polar surface area (TPSA) is 101 Å². The molecule has 0 bridgehead atoms. The third-order valence-corrected chi connectivity index (χ3v) is 7.35. The molecule has 1 aromatic rings. The summed E-state index contributed by atoms with van der Waals surface area (Å²) in [6.07, 6.45) is 0.367. The zero-order valence-corrected chi connectivity index (χ0v) is 14.4. The second-order valence-corrected chi connectivity index (χ2v) is 9.58. The van der Waals surface area contributed by atoms with Gasteiger partial charge in [0.05, 0.1) is 22.9 Å². The summed E-state index contributed by atoms with van der Waals surface area (Å²) in [6, 6.07) is 7.45. The summed E-state index contributed by atoms with van der Waals surface area (Å²) < 4.78 is 48.8. The molecule has 9 heteroatoms. The molecule has 1 saturated heterocycles. The number of nitrogens with one attached hydrogen (secondary N) is 1. The maximum atomic E-state index is 12.5.